The van der Waals surface area contributed by atoms with Gasteiger partial charge in [-0.1, -0.05) is 0 Å². The first kappa shape index (κ1) is 7.90. The Morgan fingerprint density at radius 2 is 1.70 bits per heavy atom. The standard InChI is InChI=1S/C5H10O5/c6-1-5-2-7-9-4-10-8-3-5/h5-6H,1-4H2. The van der Waals surface area contributed by atoms with E-state index in [0.717, 1.165) is 0 Å². The van der Waals surface area contributed by atoms with Crippen LogP contribution in [0.25, 0.3) is 0 Å². The highest BCUT2D eigenvalue weighted by Crippen LogP contribution is 2.01. The molecule has 1 heterocycles. The Balaban J connectivity index is 2.16. The quantitative estimate of drug-likeness (QED) is 0.509. The second kappa shape index (κ2) is 4.59. The molecule has 0 unspecified atom stereocenters. The first-order valence-electron chi connectivity index (χ1n) is 3.03. The lowest BCUT2D eigenvalue weighted by atomic mass is 10.2. The van der Waals surface area contributed by atoms with E-state index < -0.39 is 0 Å². The Kier molecular flexibility index (Phi) is 3.63. The minimum Gasteiger partial charge on any atom is -0.396 e. The molecule has 0 aliphatic carbocycles. The van der Waals surface area contributed by atoms with E-state index in [4.69, 9.17) is 5.11 Å². The fourth-order valence-electron chi connectivity index (χ4n) is 0.530. The third kappa shape index (κ3) is 2.59. The van der Waals surface area contributed by atoms with E-state index in [1.807, 2.05) is 0 Å². The summed E-state index contributed by atoms with van der Waals surface area (Å²) in [6.07, 6.45) is 0. The lowest BCUT2D eigenvalue weighted by Gasteiger charge is -2.16. The van der Waals surface area contributed by atoms with Gasteiger partial charge in [0.25, 0.3) is 0 Å². The minimum absolute atomic E-state index is 0.00667. The third-order valence-corrected chi connectivity index (χ3v) is 1.13. The maximum Gasteiger partial charge on any atom is 0.214 e. The molecule has 1 N–H and O–H groups in total. The second-order valence-electron chi connectivity index (χ2n) is 1.97. The van der Waals surface area contributed by atoms with E-state index >= 15 is 0 Å². The predicted octanol–water partition coefficient (Wildman–Crippen LogP) is -0.538. The lowest BCUT2D eigenvalue weighted by Crippen LogP contribution is -2.23. The number of aliphatic hydroxyl groups is 1. The molecule has 60 valence electrons. The first-order valence-corrected chi connectivity index (χ1v) is 3.03. The number of rotatable bonds is 1. The van der Waals surface area contributed by atoms with Crippen molar-refractivity contribution >= 4 is 0 Å². The molecule has 0 atom stereocenters. The van der Waals surface area contributed by atoms with Crippen LogP contribution in [0, 0.1) is 5.92 Å². The Morgan fingerprint density at radius 1 is 1.10 bits per heavy atom. The smallest absolute Gasteiger partial charge is 0.214 e. The van der Waals surface area contributed by atoms with Crippen LogP contribution >= 0.6 is 0 Å². The van der Waals surface area contributed by atoms with Crippen LogP contribution in [0.5, 0.6) is 0 Å². The van der Waals surface area contributed by atoms with Crippen LogP contribution in [0.15, 0.2) is 0 Å². The Hall–Kier alpha value is -0.200. The van der Waals surface area contributed by atoms with Crippen LogP contribution in [-0.4, -0.2) is 31.7 Å². The van der Waals surface area contributed by atoms with Crippen molar-refractivity contribution in [1.29, 1.82) is 0 Å². The maximum absolute atomic E-state index is 8.64. The van der Waals surface area contributed by atoms with Gasteiger partial charge in [-0.2, -0.15) is 0 Å². The normalized spacial score (nSPS) is 23.7. The highest BCUT2D eigenvalue weighted by molar-refractivity contribution is 4.51. The molecule has 0 aromatic heterocycles. The maximum atomic E-state index is 8.64. The number of hydrogen-bond donors (Lipinski definition) is 1. The number of aliphatic hydroxyl groups excluding tert-OH is 1. The molecule has 1 saturated heterocycles. The van der Waals surface area contributed by atoms with Crippen molar-refractivity contribution in [2.24, 2.45) is 5.92 Å². The fraction of sp³-hybridized carbons (Fsp3) is 1.00. The van der Waals surface area contributed by atoms with Gasteiger partial charge in [-0.25, -0.2) is 19.6 Å². The molecule has 5 nitrogen and oxygen atoms in total. The largest absolute Gasteiger partial charge is 0.396 e. The molecule has 0 amide bonds. The van der Waals surface area contributed by atoms with E-state index in [-0.39, 0.29) is 19.3 Å². The zero-order valence-corrected chi connectivity index (χ0v) is 5.49. The minimum atomic E-state index is -0.0692. The summed E-state index contributed by atoms with van der Waals surface area (Å²) in [4.78, 5) is 18.1. The molecule has 0 spiro atoms. The van der Waals surface area contributed by atoms with Crippen molar-refractivity contribution in [2.45, 2.75) is 0 Å². The summed E-state index contributed by atoms with van der Waals surface area (Å²) in [7, 11) is 0. The molecule has 1 rings (SSSR count). The molecule has 1 aliphatic heterocycles. The fourth-order valence-corrected chi connectivity index (χ4v) is 0.530. The lowest BCUT2D eigenvalue weighted by molar-refractivity contribution is -0.442. The van der Waals surface area contributed by atoms with Crippen molar-refractivity contribution in [3.63, 3.8) is 0 Å². The molecule has 0 aromatic rings. The Labute approximate surface area is 58.3 Å². The van der Waals surface area contributed by atoms with Gasteiger partial charge in [0.2, 0.25) is 6.79 Å². The van der Waals surface area contributed by atoms with E-state index in [1.54, 1.807) is 0 Å². The predicted molar refractivity (Wildman–Crippen MR) is 29.5 cm³/mol. The summed E-state index contributed by atoms with van der Waals surface area (Å²) >= 11 is 0. The molecule has 5 heteroatoms. The second-order valence-corrected chi connectivity index (χ2v) is 1.97. The van der Waals surface area contributed by atoms with E-state index in [1.165, 1.54) is 0 Å². The highest BCUT2D eigenvalue weighted by atomic mass is 17.3. The summed E-state index contributed by atoms with van der Waals surface area (Å²) < 4.78 is 0. The van der Waals surface area contributed by atoms with E-state index in [2.05, 4.69) is 19.6 Å². The topological polar surface area (TPSA) is 57.2 Å². The van der Waals surface area contributed by atoms with Gasteiger partial charge in [0.1, 0.15) is 0 Å². The van der Waals surface area contributed by atoms with Gasteiger partial charge < -0.3 is 5.11 Å². The van der Waals surface area contributed by atoms with E-state index in [0.29, 0.717) is 13.2 Å². The van der Waals surface area contributed by atoms with Gasteiger partial charge in [-0.3, -0.25) is 0 Å². The Morgan fingerprint density at radius 3 is 2.20 bits per heavy atom. The first-order chi connectivity index (χ1) is 4.93. The monoisotopic (exact) mass is 150 g/mol. The molecular weight excluding hydrogens is 140 g/mol. The van der Waals surface area contributed by atoms with Gasteiger partial charge in [0.15, 0.2) is 0 Å². The van der Waals surface area contributed by atoms with E-state index in [9.17, 15) is 0 Å². The molecule has 0 saturated carbocycles. The SMILES string of the molecule is OCC1COOCOOC1. The van der Waals surface area contributed by atoms with Gasteiger partial charge >= 0.3 is 0 Å². The van der Waals surface area contributed by atoms with Crippen molar-refractivity contribution in [3.05, 3.63) is 0 Å². The highest BCUT2D eigenvalue weighted by Gasteiger charge is 2.11. The molecular formula is C5H10O5. The van der Waals surface area contributed by atoms with Crippen LogP contribution in [-0.2, 0) is 19.6 Å². The molecule has 1 fully saturated rings. The summed E-state index contributed by atoms with van der Waals surface area (Å²) in [6.45, 7) is 0.643. The third-order valence-electron chi connectivity index (χ3n) is 1.13. The summed E-state index contributed by atoms with van der Waals surface area (Å²) in [5.41, 5.74) is 0. The van der Waals surface area contributed by atoms with Gasteiger partial charge in [-0.05, 0) is 0 Å². The van der Waals surface area contributed by atoms with Crippen LogP contribution < -0.4 is 0 Å². The van der Waals surface area contributed by atoms with Crippen LogP contribution in [0.4, 0.5) is 0 Å². The zero-order valence-electron chi connectivity index (χ0n) is 5.49. The van der Waals surface area contributed by atoms with Crippen molar-refractivity contribution < 1.29 is 24.7 Å². The molecule has 0 aromatic carbocycles. The summed E-state index contributed by atoms with van der Waals surface area (Å²) in [5, 5.41) is 8.64. The molecule has 10 heavy (non-hydrogen) atoms. The van der Waals surface area contributed by atoms with Crippen molar-refractivity contribution in [3.8, 4) is 0 Å². The molecule has 0 radical (unpaired) electrons. The van der Waals surface area contributed by atoms with Crippen LogP contribution in [0.2, 0.25) is 0 Å². The van der Waals surface area contributed by atoms with Crippen LogP contribution in [0.1, 0.15) is 0 Å². The van der Waals surface area contributed by atoms with Gasteiger partial charge in [0.05, 0.1) is 19.8 Å². The number of hydrogen-bond acceptors (Lipinski definition) is 5. The zero-order chi connectivity index (χ0) is 7.23. The molecule has 1 aliphatic rings. The van der Waals surface area contributed by atoms with Crippen molar-refractivity contribution in [2.75, 3.05) is 26.6 Å². The molecule has 0 bridgehead atoms. The Bertz CT molecular complexity index is 78.1. The summed E-state index contributed by atoms with van der Waals surface area (Å²) in [6, 6.07) is 0. The average molecular weight is 150 g/mol. The average Bonchev–Trinajstić information content (AvgIpc) is 1.87. The van der Waals surface area contributed by atoms with Gasteiger partial charge in [0, 0.05) is 5.92 Å². The van der Waals surface area contributed by atoms with Gasteiger partial charge in [-0.15, -0.1) is 0 Å². The van der Waals surface area contributed by atoms with Crippen LogP contribution in [0.3, 0.4) is 0 Å². The van der Waals surface area contributed by atoms with Crippen molar-refractivity contribution in [1.82, 2.24) is 0 Å². The summed E-state index contributed by atoms with van der Waals surface area (Å²) in [5.74, 6) is -0.0692.